The van der Waals surface area contributed by atoms with Gasteiger partial charge in [-0.25, -0.2) is 9.97 Å². The molecule has 1 aromatic heterocycles. The second-order valence-corrected chi connectivity index (χ2v) is 6.13. The second-order valence-electron chi connectivity index (χ2n) is 6.13. The van der Waals surface area contributed by atoms with Gasteiger partial charge in [0.05, 0.1) is 11.4 Å². The van der Waals surface area contributed by atoms with Gasteiger partial charge in [-0.2, -0.15) is 13.2 Å². The third-order valence-electron chi connectivity index (χ3n) is 3.90. The predicted molar refractivity (Wildman–Crippen MR) is 99.7 cm³/mol. The summed E-state index contributed by atoms with van der Waals surface area (Å²) in [6.45, 7) is 3.90. The monoisotopic (exact) mass is 367 g/mol. The van der Waals surface area contributed by atoms with E-state index in [9.17, 15) is 13.2 Å². The number of aromatic nitrogens is 2. The molecule has 6 heteroatoms. The zero-order chi connectivity index (χ0) is 19.6. The maximum atomic E-state index is 12.5. The van der Waals surface area contributed by atoms with E-state index in [2.05, 4.69) is 9.97 Å². The summed E-state index contributed by atoms with van der Waals surface area (Å²) in [5.41, 5.74) is 10.2. The highest BCUT2D eigenvalue weighted by atomic mass is 19.4. The standard InChI is InChI=1S/C21H16F3N3/c1-13-3-7-15(8-4-13)18-19(16-9-5-14(2)6-10-16)27-20(25)17(26-18)11-12-21(22,23)24/h3-10H,1-2H3,(H2,25,27). The van der Waals surface area contributed by atoms with E-state index in [0.717, 1.165) is 22.3 Å². The van der Waals surface area contributed by atoms with E-state index < -0.39 is 6.18 Å². The van der Waals surface area contributed by atoms with Crippen LogP contribution in [0.4, 0.5) is 19.0 Å². The molecule has 0 radical (unpaired) electrons. The second kappa shape index (κ2) is 7.12. The van der Waals surface area contributed by atoms with Gasteiger partial charge >= 0.3 is 6.18 Å². The van der Waals surface area contributed by atoms with Crippen LogP contribution in [0.2, 0.25) is 0 Å². The Kier molecular flexibility index (Phi) is 4.87. The quantitative estimate of drug-likeness (QED) is 0.654. The van der Waals surface area contributed by atoms with Crippen LogP contribution in [0.1, 0.15) is 16.8 Å². The van der Waals surface area contributed by atoms with Crippen molar-refractivity contribution in [1.29, 1.82) is 0 Å². The average molecular weight is 367 g/mol. The molecule has 1 heterocycles. The van der Waals surface area contributed by atoms with Crippen LogP contribution in [0.5, 0.6) is 0 Å². The number of anilines is 1. The number of nitrogens with zero attached hydrogens (tertiary/aromatic N) is 2. The molecule has 3 aromatic rings. The van der Waals surface area contributed by atoms with Gasteiger partial charge in [0, 0.05) is 17.0 Å². The smallest absolute Gasteiger partial charge is 0.381 e. The van der Waals surface area contributed by atoms with Gasteiger partial charge in [0.1, 0.15) is 0 Å². The van der Waals surface area contributed by atoms with Gasteiger partial charge in [-0.3, -0.25) is 0 Å². The first-order chi connectivity index (χ1) is 12.7. The molecular formula is C21H16F3N3. The molecule has 0 bridgehead atoms. The highest BCUT2D eigenvalue weighted by Gasteiger charge is 2.23. The van der Waals surface area contributed by atoms with E-state index in [1.54, 1.807) is 0 Å². The number of benzene rings is 2. The third kappa shape index (κ3) is 4.45. The van der Waals surface area contributed by atoms with E-state index in [0.29, 0.717) is 11.4 Å². The van der Waals surface area contributed by atoms with Gasteiger partial charge in [0.25, 0.3) is 0 Å². The predicted octanol–water partition coefficient (Wildman–Crippen LogP) is 4.92. The van der Waals surface area contributed by atoms with Crippen molar-refractivity contribution in [3.63, 3.8) is 0 Å². The van der Waals surface area contributed by atoms with E-state index >= 15 is 0 Å². The molecule has 2 aromatic carbocycles. The Balaban J connectivity index is 2.22. The molecule has 0 aliphatic carbocycles. The molecule has 0 aliphatic heterocycles. The van der Waals surface area contributed by atoms with Crippen molar-refractivity contribution in [1.82, 2.24) is 9.97 Å². The molecule has 0 amide bonds. The number of halogens is 3. The number of aryl methyl sites for hydroxylation is 2. The number of rotatable bonds is 2. The van der Waals surface area contributed by atoms with Crippen LogP contribution in [-0.2, 0) is 0 Å². The molecule has 3 rings (SSSR count). The molecule has 27 heavy (non-hydrogen) atoms. The van der Waals surface area contributed by atoms with Crippen LogP contribution < -0.4 is 5.73 Å². The Morgan fingerprint density at radius 3 is 1.67 bits per heavy atom. The molecule has 2 N–H and O–H groups in total. The van der Waals surface area contributed by atoms with E-state index in [4.69, 9.17) is 5.73 Å². The normalized spacial score (nSPS) is 11.0. The van der Waals surface area contributed by atoms with Gasteiger partial charge in [-0.1, -0.05) is 59.7 Å². The van der Waals surface area contributed by atoms with Gasteiger partial charge in [-0.15, -0.1) is 0 Å². The Labute approximate surface area is 155 Å². The number of alkyl halides is 3. The Morgan fingerprint density at radius 2 is 1.22 bits per heavy atom. The summed E-state index contributed by atoms with van der Waals surface area (Å²) < 4.78 is 37.4. The van der Waals surface area contributed by atoms with Crippen molar-refractivity contribution in [3.8, 4) is 34.4 Å². The van der Waals surface area contributed by atoms with E-state index in [1.807, 2.05) is 68.3 Å². The molecule has 0 fully saturated rings. The van der Waals surface area contributed by atoms with Gasteiger partial charge in [0.2, 0.25) is 0 Å². The lowest BCUT2D eigenvalue weighted by Crippen LogP contribution is -2.05. The number of nitrogen functional groups attached to an aromatic ring is 1. The SMILES string of the molecule is Cc1ccc(-c2nc(N)c(C#CC(F)(F)F)nc2-c2ccc(C)cc2)cc1. The van der Waals surface area contributed by atoms with Gasteiger partial charge < -0.3 is 5.73 Å². The molecule has 136 valence electrons. The fraction of sp³-hybridized carbons (Fsp3) is 0.143. The first kappa shape index (κ1) is 18.5. The molecule has 3 nitrogen and oxygen atoms in total. The zero-order valence-electron chi connectivity index (χ0n) is 14.7. The lowest BCUT2D eigenvalue weighted by Gasteiger charge is -2.11. The van der Waals surface area contributed by atoms with Gasteiger partial charge in [0.15, 0.2) is 11.5 Å². The lowest BCUT2D eigenvalue weighted by molar-refractivity contribution is -0.0696. The summed E-state index contributed by atoms with van der Waals surface area (Å²) >= 11 is 0. The summed E-state index contributed by atoms with van der Waals surface area (Å²) in [7, 11) is 0. The molecule has 0 saturated heterocycles. The number of nitrogens with two attached hydrogens (primary N) is 1. The van der Waals surface area contributed by atoms with Crippen molar-refractivity contribution in [3.05, 3.63) is 65.4 Å². The molecule has 0 aliphatic rings. The van der Waals surface area contributed by atoms with Crippen LogP contribution >= 0.6 is 0 Å². The summed E-state index contributed by atoms with van der Waals surface area (Å²) in [6.07, 6.45) is -4.63. The van der Waals surface area contributed by atoms with E-state index in [1.165, 1.54) is 5.92 Å². The van der Waals surface area contributed by atoms with E-state index in [-0.39, 0.29) is 11.5 Å². The third-order valence-corrected chi connectivity index (χ3v) is 3.90. The topological polar surface area (TPSA) is 51.8 Å². The minimum Gasteiger partial charge on any atom is -0.381 e. The summed E-state index contributed by atoms with van der Waals surface area (Å²) in [6, 6.07) is 15.1. The van der Waals surface area contributed by atoms with Crippen LogP contribution in [0, 0.1) is 25.7 Å². The minimum absolute atomic E-state index is 0.141. The fourth-order valence-electron chi connectivity index (χ4n) is 2.50. The highest BCUT2D eigenvalue weighted by molar-refractivity contribution is 5.80. The molecule has 0 saturated carbocycles. The van der Waals surface area contributed by atoms with Crippen LogP contribution in [0.25, 0.3) is 22.5 Å². The summed E-state index contributed by atoms with van der Waals surface area (Å²) in [4.78, 5) is 8.63. The number of hydrogen-bond acceptors (Lipinski definition) is 3. The molecular weight excluding hydrogens is 351 g/mol. The van der Waals surface area contributed by atoms with Crippen LogP contribution in [-0.4, -0.2) is 16.1 Å². The molecule has 0 atom stereocenters. The highest BCUT2D eigenvalue weighted by Crippen LogP contribution is 2.31. The van der Waals surface area contributed by atoms with Crippen molar-refractivity contribution in [2.75, 3.05) is 5.73 Å². The Bertz CT molecular complexity index is 1030. The lowest BCUT2D eigenvalue weighted by atomic mass is 10.0. The molecule has 0 unspecified atom stereocenters. The van der Waals surface area contributed by atoms with Crippen LogP contribution in [0.3, 0.4) is 0 Å². The average Bonchev–Trinajstić information content (AvgIpc) is 2.61. The summed E-state index contributed by atoms with van der Waals surface area (Å²) in [5, 5.41) is 0. The maximum absolute atomic E-state index is 12.5. The van der Waals surface area contributed by atoms with Crippen LogP contribution in [0.15, 0.2) is 48.5 Å². The van der Waals surface area contributed by atoms with Crippen molar-refractivity contribution in [2.45, 2.75) is 20.0 Å². The zero-order valence-corrected chi connectivity index (χ0v) is 14.7. The first-order valence-corrected chi connectivity index (χ1v) is 8.14. The fourth-order valence-corrected chi connectivity index (χ4v) is 2.50. The largest absolute Gasteiger partial charge is 0.458 e. The first-order valence-electron chi connectivity index (χ1n) is 8.14. The van der Waals surface area contributed by atoms with Crippen molar-refractivity contribution < 1.29 is 13.2 Å². The summed E-state index contributed by atoms with van der Waals surface area (Å²) in [5.74, 6) is 3.05. The minimum atomic E-state index is -4.63. The Hall–Kier alpha value is -3.33. The van der Waals surface area contributed by atoms with Crippen molar-refractivity contribution in [2.24, 2.45) is 0 Å². The van der Waals surface area contributed by atoms with Gasteiger partial charge in [-0.05, 0) is 19.8 Å². The van der Waals surface area contributed by atoms with Crippen molar-refractivity contribution >= 4 is 5.82 Å². The number of hydrogen-bond donors (Lipinski definition) is 1. The Morgan fingerprint density at radius 1 is 0.778 bits per heavy atom. The maximum Gasteiger partial charge on any atom is 0.458 e. The molecule has 0 spiro atoms.